The van der Waals surface area contributed by atoms with Gasteiger partial charge in [0.05, 0.1) is 17.4 Å². The number of hydrogen-bond donors (Lipinski definition) is 2. The number of hydrogen-bond acceptors (Lipinski definition) is 5. The zero-order valence-corrected chi connectivity index (χ0v) is 15.1. The number of nitrogens with two attached hydrogens (primary N) is 1. The minimum Gasteiger partial charge on any atom is -0.468 e. The smallest absolute Gasteiger partial charge is 0.316 e. The standard InChI is InChI=1S/C15H22N2O4S.ClH/c1-14(2,10-16)17-22(19,20)12-6-4-11(5-7-12)15(8-9-15)13(18)21-3;/h4-7,17H,8-10,16H2,1-3H3;1H. The molecule has 0 aliphatic heterocycles. The predicted octanol–water partition coefficient (Wildman–Crippen LogP) is 1.33. The van der Waals surface area contributed by atoms with Crippen molar-refractivity contribution in [1.29, 1.82) is 0 Å². The maximum absolute atomic E-state index is 12.3. The molecule has 1 saturated carbocycles. The van der Waals surface area contributed by atoms with E-state index >= 15 is 0 Å². The molecule has 2 rings (SSSR count). The van der Waals surface area contributed by atoms with E-state index < -0.39 is 21.0 Å². The highest BCUT2D eigenvalue weighted by molar-refractivity contribution is 7.89. The largest absolute Gasteiger partial charge is 0.468 e. The minimum atomic E-state index is -3.64. The molecule has 1 aromatic rings. The second-order valence-electron chi connectivity index (χ2n) is 6.29. The zero-order chi connectivity index (χ0) is 16.6. The van der Waals surface area contributed by atoms with Gasteiger partial charge >= 0.3 is 5.97 Å². The first-order valence-electron chi connectivity index (χ1n) is 7.10. The number of ether oxygens (including phenoxy) is 1. The van der Waals surface area contributed by atoms with Gasteiger partial charge in [-0.25, -0.2) is 13.1 Å². The molecule has 1 aliphatic carbocycles. The number of carbonyl (C=O) groups is 1. The average Bonchev–Trinajstić information content (AvgIpc) is 3.27. The topological polar surface area (TPSA) is 98.5 Å². The first kappa shape index (κ1) is 19.9. The van der Waals surface area contributed by atoms with Crippen molar-refractivity contribution >= 4 is 28.4 Å². The normalized spacial score (nSPS) is 16.3. The molecule has 1 fully saturated rings. The first-order valence-corrected chi connectivity index (χ1v) is 8.58. The number of benzene rings is 1. The van der Waals surface area contributed by atoms with Crippen LogP contribution < -0.4 is 10.5 Å². The van der Waals surface area contributed by atoms with E-state index in [1.165, 1.54) is 19.2 Å². The molecule has 0 heterocycles. The Hall–Kier alpha value is -1.15. The molecule has 0 radical (unpaired) electrons. The Balaban J connectivity index is 0.00000264. The van der Waals surface area contributed by atoms with Crippen LogP contribution in [0.2, 0.25) is 0 Å². The van der Waals surface area contributed by atoms with Crippen molar-refractivity contribution in [3.63, 3.8) is 0 Å². The van der Waals surface area contributed by atoms with Crippen molar-refractivity contribution in [2.45, 2.75) is 42.5 Å². The second kappa shape index (κ2) is 6.76. The highest BCUT2D eigenvalue weighted by atomic mass is 35.5. The molecule has 0 spiro atoms. The van der Waals surface area contributed by atoms with Crippen LogP contribution >= 0.6 is 12.4 Å². The van der Waals surface area contributed by atoms with Crippen LogP contribution in [0.4, 0.5) is 0 Å². The predicted molar refractivity (Wildman–Crippen MR) is 90.1 cm³/mol. The molecule has 0 atom stereocenters. The number of sulfonamides is 1. The fourth-order valence-corrected chi connectivity index (χ4v) is 3.77. The van der Waals surface area contributed by atoms with Crippen LogP contribution in [0.25, 0.3) is 0 Å². The Morgan fingerprint density at radius 3 is 2.22 bits per heavy atom. The molecule has 3 N–H and O–H groups in total. The lowest BCUT2D eigenvalue weighted by Gasteiger charge is -2.24. The fourth-order valence-electron chi connectivity index (χ4n) is 2.35. The summed E-state index contributed by atoms with van der Waals surface area (Å²) in [6, 6.07) is 6.36. The maximum atomic E-state index is 12.3. The summed E-state index contributed by atoms with van der Waals surface area (Å²) in [7, 11) is -2.28. The third-order valence-electron chi connectivity index (χ3n) is 3.96. The molecule has 1 aliphatic rings. The molecule has 0 unspecified atom stereocenters. The summed E-state index contributed by atoms with van der Waals surface area (Å²) in [4.78, 5) is 12.0. The summed E-state index contributed by atoms with van der Waals surface area (Å²) >= 11 is 0. The number of carbonyl (C=O) groups excluding carboxylic acids is 1. The lowest BCUT2D eigenvalue weighted by Crippen LogP contribution is -2.48. The number of nitrogens with one attached hydrogen (secondary N) is 1. The first-order chi connectivity index (χ1) is 10.2. The SMILES string of the molecule is COC(=O)C1(c2ccc(S(=O)(=O)NC(C)(C)CN)cc2)CC1.Cl. The second-order valence-corrected chi connectivity index (χ2v) is 7.97. The molecular formula is C15H23ClN2O4S. The summed E-state index contributed by atoms with van der Waals surface area (Å²) in [6.45, 7) is 3.63. The van der Waals surface area contributed by atoms with Crippen molar-refractivity contribution in [3.8, 4) is 0 Å². The van der Waals surface area contributed by atoms with E-state index in [1.807, 2.05) is 0 Å². The number of methoxy groups -OCH3 is 1. The molecule has 8 heteroatoms. The number of rotatable bonds is 6. The van der Waals surface area contributed by atoms with Gasteiger partial charge in [0.2, 0.25) is 10.0 Å². The van der Waals surface area contributed by atoms with Gasteiger partial charge in [0.1, 0.15) is 0 Å². The maximum Gasteiger partial charge on any atom is 0.316 e. The lowest BCUT2D eigenvalue weighted by atomic mass is 9.96. The molecule has 23 heavy (non-hydrogen) atoms. The van der Waals surface area contributed by atoms with Crippen molar-refractivity contribution < 1.29 is 17.9 Å². The van der Waals surface area contributed by atoms with Gasteiger partial charge in [-0.3, -0.25) is 4.79 Å². The molecule has 0 aromatic heterocycles. The van der Waals surface area contributed by atoms with Crippen molar-refractivity contribution in [2.75, 3.05) is 13.7 Å². The van der Waals surface area contributed by atoms with E-state index in [-0.39, 0.29) is 29.8 Å². The Morgan fingerprint density at radius 1 is 1.30 bits per heavy atom. The average molecular weight is 363 g/mol. The molecular weight excluding hydrogens is 340 g/mol. The summed E-state index contributed by atoms with van der Waals surface area (Å²) < 4.78 is 32.0. The Morgan fingerprint density at radius 2 is 1.83 bits per heavy atom. The van der Waals surface area contributed by atoms with Crippen molar-refractivity contribution in [3.05, 3.63) is 29.8 Å². The van der Waals surface area contributed by atoms with Gasteiger partial charge in [0.25, 0.3) is 0 Å². The van der Waals surface area contributed by atoms with Crippen molar-refractivity contribution in [1.82, 2.24) is 4.72 Å². The van der Waals surface area contributed by atoms with E-state index in [0.717, 1.165) is 18.4 Å². The number of esters is 1. The van der Waals surface area contributed by atoms with E-state index in [4.69, 9.17) is 10.5 Å². The Labute approximate surface area is 143 Å². The van der Waals surface area contributed by atoms with Gasteiger partial charge in [-0.2, -0.15) is 0 Å². The molecule has 6 nitrogen and oxygen atoms in total. The monoisotopic (exact) mass is 362 g/mol. The Bertz CT molecular complexity index is 667. The third kappa shape index (κ3) is 4.03. The summed E-state index contributed by atoms with van der Waals surface area (Å²) in [5.74, 6) is -0.273. The van der Waals surface area contributed by atoms with Gasteiger partial charge < -0.3 is 10.5 Å². The van der Waals surface area contributed by atoms with Gasteiger partial charge in [0.15, 0.2) is 0 Å². The van der Waals surface area contributed by atoms with Crippen LogP contribution in [0.1, 0.15) is 32.3 Å². The van der Waals surface area contributed by atoms with Gasteiger partial charge in [0, 0.05) is 12.1 Å². The molecule has 0 bridgehead atoms. The van der Waals surface area contributed by atoms with Gasteiger partial charge in [-0.05, 0) is 44.4 Å². The lowest BCUT2D eigenvalue weighted by molar-refractivity contribution is -0.143. The summed E-state index contributed by atoms with van der Waals surface area (Å²) in [5.41, 5.74) is 5.02. The molecule has 0 amide bonds. The van der Waals surface area contributed by atoms with Crippen LogP contribution in [0, 0.1) is 0 Å². The molecule has 130 valence electrons. The minimum absolute atomic E-state index is 0. The van der Waals surface area contributed by atoms with E-state index in [1.54, 1.807) is 26.0 Å². The highest BCUT2D eigenvalue weighted by Gasteiger charge is 2.52. The zero-order valence-electron chi connectivity index (χ0n) is 13.5. The van der Waals surface area contributed by atoms with Crippen molar-refractivity contribution in [2.24, 2.45) is 5.73 Å². The van der Waals surface area contributed by atoms with Crippen LogP contribution in [0.3, 0.4) is 0 Å². The number of halogens is 1. The van der Waals surface area contributed by atoms with Crippen LogP contribution in [0.15, 0.2) is 29.2 Å². The third-order valence-corrected chi connectivity index (χ3v) is 5.68. The summed E-state index contributed by atoms with van der Waals surface area (Å²) in [6.07, 6.45) is 1.45. The molecule has 0 saturated heterocycles. The summed E-state index contributed by atoms with van der Waals surface area (Å²) in [5, 5.41) is 0. The van der Waals surface area contributed by atoms with Crippen LogP contribution in [0.5, 0.6) is 0 Å². The Kier molecular flexibility index (Phi) is 5.85. The van der Waals surface area contributed by atoms with E-state index in [0.29, 0.717) is 0 Å². The van der Waals surface area contributed by atoms with Gasteiger partial charge in [-0.15, -0.1) is 12.4 Å². The van der Waals surface area contributed by atoms with E-state index in [9.17, 15) is 13.2 Å². The van der Waals surface area contributed by atoms with Crippen LogP contribution in [-0.2, 0) is 25.0 Å². The molecule has 1 aromatic carbocycles. The van der Waals surface area contributed by atoms with Crippen LogP contribution in [-0.4, -0.2) is 33.6 Å². The fraction of sp³-hybridized carbons (Fsp3) is 0.533. The highest BCUT2D eigenvalue weighted by Crippen LogP contribution is 2.49. The van der Waals surface area contributed by atoms with Gasteiger partial charge in [-0.1, -0.05) is 12.1 Å². The quantitative estimate of drug-likeness (QED) is 0.744. The van der Waals surface area contributed by atoms with E-state index in [2.05, 4.69) is 4.72 Å².